The molecule has 1 aliphatic carbocycles. The van der Waals surface area contributed by atoms with Crippen LogP contribution in [0.1, 0.15) is 48.5 Å². The maximum atomic E-state index is 14.8. The summed E-state index contributed by atoms with van der Waals surface area (Å²) >= 11 is 0. The van der Waals surface area contributed by atoms with Crippen molar-refractivity contribution < 1.29 is 23.1 Å². The zero-order valence-electron chi connectivity index (χ0n) is 17.3. The summed E-state index contributed by atoms with van der Waals surface area (Å²) in [6.07, 6.45) is 2.80. The molecule has 1 saturated carbocycles. The number of ketones is 1. The lowest BCUT2D eigenvalue weighted by Gasteiger charge is -2.29. The number of carbonyl (C=O) groups excluding carboxylic acids is 1. The number of aromatic amines is 1. The van der Waals surface area contributed by atoms with Gasteiger partial charge in [0, 0.05) is 31.1 Å². The van der Waals surface area contributed by atoms with E-state index in [1.165, 1.54) is 24.7 Å². The molecule has 8 nitrogen and oxygen atoms in total. The predicted molar refractivity (Wildman–Crippen MR) is 113 cm³/mol. The third-order valence-electron chi connectivity index (χ3n) is 5.53. The molecule has 0 aliphatic heterocycles. The van der Waals surface area contributed by atoms with Gasteiger partial charge in [0.1, 0.15) is 23.6 Å². The maximum absolute atomic E-state index is 14.8. The first kappa shape index (κ1) is 22.0. The minimum atomic E-state index is -2.65. The van der Waals surface area contributed by atoms with Gasteiger partial charge in [-0.25, -0.2) is 23.7 Å². The van der Waals surface area contributed by atoms with Crippen LogP contribution in [0, 0.1) is 5.95 Å². The lowest BCUT2D eigenvalue weighted by Crippen LogP contribution is -2.32. The highest BCUT2D eigenvalue weighted by atomic mass is 19.3. The Morgan fingerprint density at radius 2 is 2.03 bits per heavy atom. The van der Waals surface area contributed by atoms with Crippen molar-refractivity contribution in [3.05, 3.63) is 41.7 Å². The van der Waals surface area contributed by atoms with E-state index >= 15 is 0 Å². The van der Waals surface area contributed by atoms with E-state index in [1.807, 2.05) is 0 Å². The number of hydrogen-bond donors (Lipinski definition) is 4. The molecule has 0 spiro atoms. The van der Waals surface area contributed by atoms with E-state index in [9.17, 15) is 23.1 Å². The number of anilines is 2. The normalized spacial score (nSPS) is 17.3. The SMILES string of the molecule is C[C@H](CO)Nc1ncnc2[nH]cc(C(=O)c3ccc(NC4CCC(F)(F)CC4)nc3F)c12. The van der Waals surface area contributed by atoms with E-state index in [1.54, 1.807) is 6.92 Å². The van der Waals surface area contributed by atoms with Crippen LogP contribution < -0.4 is 10.6 Å². The molecule has 4 N–H and O–H groups in total. The molecule has 0 radical (unpaired) electrons. The molecule has 3 heterocycles. The fourth-order valence-corrected chi connectivity index (χ4v) is 3.75. The molecule has 4 rings (SSSR count). The highest BCUT2D eigenvalue weighted by molar-refractivity contribution is 6.18. The van der Waals surface area contributed by atoms with E-state index < -0.39 is 17.7 Å². The smallest absolute Gasteiger partial charge is 0.248 e. The van der Waals surface area contributed by atoms with Crippen molar-refractivity contribution in [1.29, 1.82) is 0 Å². The van der Waals surface area contributed by atoms with Gasteiger partial charge < -0.3 is 20.7 Å². The lowest BCUT2D eigenvalue weighted by atomic mass is 9.92. The third-order valence-corrected chi connectivity index (χ3v) is 5.53. The summed E-state index contributed by atoms with van der Waals surface area (Å²) in [7, 11) is 0. The van der Waals surface area contributed by atoms with E-state index in [-0.39, 0.29) is 61.3 Å². The number of H-pyrrole nitrogens is 1. The van der Waals surface area contributed by atoms with E-state index in [2.05, 4.69) is 30.6 Å². The second-order valence-electron chi connectivity index (χ2n) is 8.01. The van der Waals surface area contributed by atoms with E-state index in [0.29, 0.717) is 16.9 Å². The van der Waals surface area contributed by atoms with Crippen molar-refractivity contribution >= 4 is 28.5 Å². The van der Waals surface area contributed by atoms with Gasteiger partial charge in [-0.3, -0.25) is 4.79 Å². The van der Waals surface area contributed by atoms with Gasteiger partial charge >= 0.3 is 0 Å². The Morgan fingerprint density at radius 1 is 1.28 bits per heavy atom. The molecule has 0 bridgehead atoms. The maximum Gasteiger partial charge on any atom is 0.248 e. The number of aliphatic hydroxyl groups excluding tert-OH is 1. The van der Waals surface area contributed by atoms with E-state index in [0.717, 1.165) is 0 Å². The predicted octanol–water partition coefficient (Wildman–Crippen LogP) is 3.51. The average Bonchev–Trinajstić information content (AvgIpc) is 3.20. The van der Waals surface area contributed by atoms with Crippen LogP contribution in [-0.4, -0.2) is 55.4 Å². The highest BCUT2D eigenvalue weighted by Gasteiger charge is 2.35. The van der Waals surface area contributed by atoms with Gasteiger partial charge in [-0.2, -0.15) is 4.39 Å². The molecule has 3 aromatic rings. The number of rotatable bonds is 7. The summed E-state index contributed by atoms with van der Waals surface area (Å²) in [5.41, 5.74) is 0.303. The molecule has 0 unspecified atom stereocenters. The van der Waals surface area contributed by atoms with E-state index in [4.69, 9.17) is 0 Å². The number of halogens is 3. The number of nitrogens with one attached hydrogen (secondary N) is 3. The highest BCUT2D eigenvalue weighted by Crippen LogP contribution is 2.34. The lowest BCUT2D eigenvalue weighted by molar-refractivity contribution is -0.0361. The van der Waals surface area contributed by atoms with Crippen LogP contribution in [-0.2, 0) is 0 Å². The Balaban J connectivity index is 1.57. The molecule has 170 valence electrons. The monoisotopic (exact) mass is 448 g/mol. The Hall–Kier alpha value is -3.21. The Labute approximate surface area is 181 Å². The fraction of sp³-hybridized carbons (Fsp3) is 0.429. The molecule has 0 aromatic carbocycles. The Kier molecular flexibility index (Phi) is 6.00. The van der Waals surface area contributed by atoms with Crippen molar-refractivity contribution in [1.82, 2.24) is 19.9 Å². The number of nitrogens with zero attached hydrogens (tertiary/aromatic N) is 3. The summed E-state index contributed by atoms with van der Waals surface area (Å²) in [4.78, 5) is 28.0. The van der Waals surface area contributed by atoms with Crippen LogP contribution in [0.2, 0.25) is 0 Å². The molecule has 1 aliphatic rings. The first-order chi connectivity index (χ1) is 15.3. The number of alkyl halides is 2. The molecule has 0 amide bonds. The second-order valence-corrected chi connectivity index (χ2v) is 8.01. The summed E-state index contributed by atoms with van der Waals surface area (Å²) in [5, 5.41) is 15.6. The molecular weight excluding hydrogens is 425 g/mol. The molecule has 1 atom stereocenters. The van der Waals surface area contributed by atoms with Crippen molar-refractivity contribution in [2.24, 2.45) is 0 Å². The van der Waals surface area contributed by atoms with Crippen LogP contribution in [0.25, 0.3) is 11.0 Å². The van der Waals surface area contributed by atoms with Crippen molar-refractivity contribution in [3.8, 4) is 0 Å². The largest absolute Gasteiger partial charge is 0.394 e. The van der Waals surface area contributed by atoms with Crippen molar-refractivity contribution in [2.75, 3.05) is 17.2 Å². The van der Waals surface area contributed by atoms with Crippen LogP contribution >= 0.6 is 0 Å². The van der Waals surface area contributed by atoms with Gasteiger partial charge in [-0.15, -0.1) is 0 Å². The average molecular weight is 448 g/mol. The van der Waals surface area contributed by atoms with Crippen LogP contribution in [0.5, 0.6) is 0 Å². The van der Waals surface area contributed by atoms with Gasteiger partial charge in [0.25, 0.3) is 0 Å². The fourth-order valence-electron chi connectivity index (χ4n) is 3.75. The zero-order valence-corrected chi connectivity index (χ0v) is 17.3. The number of aliphatic hydroxyl groups is 1. The van der Waals surface area contributed by atoms with Crippen LogP contribution in [0.15, 0.2) is 24.7 Å². The van der Waals surface area contributed by atoms with Gasteiger partial charge in [0.2, 0.25) is 11.9 Å². The van der Waals surface area contributed by atoms with Gasteiger partial charge in [0.15, 0.2) is 5.78 Å². The number of aromatic nitrogens is 4. The molecule has 32 heavy (non-hydrogen) atoms. The summed E-state index contributed by atoms with van der Waals surface area (Å²) in [5.74, 6) is -3.71. The van der Waals surface area contributed by atoms with Crippen LogP contribution in [0.3, 0.4) is 0 Å². The second kappa shape index (κ2) is 8.73. The molecule has 0 saturated heterocycles. The summed E-state index contributed by atoms with van der Waals surface area (Å²) in [6.45, 7) is 1.59. The van der Waals surface area contributed by atoms with Gasteiger partial charge in [-0.1, -0.05) is 0 Å². The first-order valence-corrected chi connectivity index (χ1v) is 10.3. The van der Waals surface area contributed by atoms with Crippen molar-refractivity contribution in [2.45, 2.75) is 50.6 Å². The molecule has 11 heteroatoms. The number of hydrogen-bond acceptors (Lipinski definition) is 7. The zero-order chi connectivity index (χ0) is 22.9. The minimum absolute atomic E-state index is 0.148. The summed E-state index contributed by atoms with van der Waals surface area (Å²) in [6, 6.07) is 2.23. The number of fused-ring (bicyclic) bond motifs is 1. The first-order valence-electron chi connectivity index (χ1n) is 10.3. The Morgan fingerprint density at radius 3 is 2.72 bits per heavy atom. The molecular formula is C21H23F3N6O2. The van der Waals surface area contributed by atoms with Crippen LogP contribution in [0.4, 0.5) is 24.8 Å². The Bertz CT molecular complexity index is 1130. The molecule has 1 fully saturated rings. The van der Waals surface area contributed by atoms with Gasteiger partial charge in [0.05, 0.1) is 23.1 Å². The standard InChI is InChI=1S/C21H23F3N6O2/c1-11(9-31)28-20-16-14(8-25-19(16)26-10-27-20)17(32)13-2-3-15(30-18(13)22)29-12-4-6-21(23,24)7-5-12/h2-3,8,10-12,31H,4-7,9H2,1H3,(H,29,30)(H2,25,26,27,28)/t11-/m1/s1. The minimum Gasteiger partial charge on any atom is -0.394 e. The topological polar surface area (TPSA) is 116 Å². The number of carbonyl (C=O) groups is 1. The third kappa shape index (κ3) is 4.52. The molecule has 3 aromatic heterocycles. The number of pyridine rings is 1. The van der Waals surface area contributed by atoms with Crippen molar-refractivity contribution in [3.63, 3.8) is 0 Å². The summed E-state index contributed by atoms with van der Waals surface area (Å²) < 4.78 is 41.4. The van der Waals surface area contributed by atoms with Gasteiger partial charge in [-0.05, 0) is 31.9 Å². The quantitative estimate of drug-likeness (QED) is 0.323.